The van der Waals surface area contributed by atoms with Gasteiger partial charge >= 0.3 is 0 Å². The highest BCUT2D eigenvalue weighted by Gasteiger charge is 2.17. The number of fused-ring (bicyclic) bond motifs is 1. The zero-order chi connectivity index (χ0) is 21.9. The highest BCUT2D eigenvalue weighted by molar-refractivity contribution is 5.81. The molecule has 0 bridgehead atoms. The zero-order valence-electron chi connectivity index (χ0n) is 18.0. The minimum absolute atomic E-state index is 0.553. The van der Waals surface area contributed by atoms with Gasteiger partial charge in [0.1, 0.15) is 5.52 Å². The number of aromatic amines is 1. The van der Waals surface area contributed by atoms with Crippen LogP contribution in [0.15, 0.2) is 60.8 Å². The molecule has 0 unspecified atom stereocenters. The number of pyridine rings is 1. The monoisotopic (exact) mass is 425 g/mol. The predicted molar refractivity (Wildman–Crippen MR) is 122 cm³/mol. The van der Waals surface area contributed by atoms with Crippen molar-refractivity contribution in [2.75, 3.05) is 6.61 Å². The van der Waals surface area contributed by atoms with Crippen LogP contribution >= 0.6 is 0 Å². The Kier molecular flexibility index (Phi) is 5.33. The molecule has 0 saturated carbocycles. The van der Waals surface area contributed by atoms with Crippen LogP contribution in [-0.2, 0) is 6.54 Å². The molecule has 0 spiro atoms. The maximum atomic E-state index is 5.97. The molecule has 0 aliphatic carbocycles. The highest BCUT2D eigenvalue weighted by Crippen LogP contribution is 2.32. The van der Waals surface area contributed by atoms with E-state index in [2.05, 4.69) is 62.9 Å². The molecule has 160 valence electrons. The number of hydrogen-bond acceptors (Lipinski definition) is 6. The quantitative estimate of drug-likeness (QED) is 0.415. The summed E-state index contributed by atoms with van der Waals surface area (Å²) in [5.74, 6) is 0.553. The summed E-state index contributed by atoms with van der Waals surface area (Å²) in [4.78, 5) is 9.31. The van der Waals surface area contributed by atoms with Crippen molar-refractivity contribution in [3.63, 3.8) is 0 Å². The van der Waals surface area contributed by atoms with Gasteiger partial charge in [0.25, 0.3) is 6.01 Å². The molecule has 5 rings (SSSR count). The third-order valence-electron chi connectivity index (χ3n) is 5.33. The number of imidazole rings is 1. The molecule has 0 aliphatic rings. The van der Waals surface area contributed by atoms with Crippen molar-refractivity contribution in [2.45, 2.75) is 26.8 Å². The van der Waals surface area contributed by atoms with Crippen molar-refractivity contribution in [2.24, 2.45) is 0 Å². The number of nitrogens with one attached hydrogen (secondary N) is 1. The Labute approximate surface area is 185 Å². The Morgan fingerprint density at radius 1 is 1.03 bits per heavy atom. The first-order chi connectivity index (χ1) is 15.7. The van der Waals surface area contributed by atoms with Crippen LogP contribution in [0.5, 0.6) is 6.01 Å². The first-order valence-corrected chi connectivity index (χ1v) is 10.6. The molecule has 32 heavy (non-hydrogen) atoms. The van der Waals surface area contributed by atoms with Crippen LogP contribution in [0.25, 0.3) is 33.7 Å². The van der Waals surface area contributed by atoms with Gasteiger partial charge in [0.15, 0.2) is 5.65 Å². The lowest BCUT2D eigenvalue weighted by Crippen LogP contribution is -2.07. The van der Waals surface area contributed by atoms with Gasteiger partial charge < -0.3 is 4.74 Å². The van der Waals surface area contributed by atoms with Gasteiger partial charge in [-0.15, -0.1) is 10.2 Å². The Morgan fingerprint density at radius 3 is 2.69 bits per heavy atom. The van der Waals surface area contributed by atoms with Gasteiger partial charge in [-0.1, -0.05) is 49.4 Å². The Bertz CT molecular complexity index is 1340. The number of aryl methyl sites for hydroxylation is 1. The molecule has 0 aliphatic heterocycles. The molecule has 0 atom stereocenters. The number of rotatable bonds is 7. The predicted octanol–water partition coefficient (Wildman–Crippen LogP) is 4.42. The SMILES string of the molecule is CCCOc1nc2c(C)ccnc2n1Cc1ccc(-c2ccccc2)c(-c2nn[nH]n2)c1. The fourth-order valence-corrected chi connectivity index (χ4v) is 3.77. The van der Waals surface area contributed by atoms with Crippen molar-refractivity contribution in [3.05, 3.63) is 71.9 Å². The number of hydrogen-bond donors (Lipinski definition) is 1. The summed E-state index contributed by atoms with van der Waals surface area (Å²) in [5, 5.41) is 14.8. The molecule has 8 nitrogen and oxygen atoms in total. The van der Waals surface area contributed by atoms with Gasteiger partial charge in [-0.25, -0.2) is 4.98 Å². The third kappa shape index (κ3) is 3.71. The van der Waals surface area contributed by atoms with Crippen molar-refractivity contribution in [1.29, 1.82) is 0 Å². The van der Waals surface area contributed by atoms with Crippen LogP contribution < -0.4 is 4.74 Å². The summed E-state index contributed by atoms with van der Waals surface area (Å²) >= 11 is 0. The summed E-state index contributed by atoms with van der Waals surface area (Å²) in [6, 6.07) is 19.0. The van der Waals surface area contributed by atoms with Gasteiger partial charge in [0.05, 0.1) is 13.2 Å². The van der Waals surface area contributed by atoms with E-state index in [4.69, 9.17) is 9.72 Å². The Morgan fingerprint density at radius 2 is 1.91 bits per heavy atom. The maximum Gasteiger partial charge on any atom is 0.298 e. The van der Waals surface area contributed by atoms with Crippen LogP contribution in [-0.4, -0.2) is 41.8 Å². The van der Waals surface area contributed by atoms with E-state index >= 15 is 0 Å². The number of nitrogens with zero attached hydrogens (tertiary/aromatic N) is 6. The second-order valence-electron chi connectivity index (χ2n) is 7.61. The summed E-state index contributed by atoms with van der Waals surface area (Å²) < 4.78 is 7.99. The minimum Gasteiger partial charge on any atom is -0.465 e. The summed E-state index contributed by atoms with van der Waals surface area (Å²) in [6.45, 7) is 5.28. The molecular weight excluding hydrogens is 402 g/mol. The van der Waals surface area contributed by atoms with Gasteiger partial charge in [0, 0.05) is 11.8 Å². The van der Waals surface area contributed by atoms with Gasteiger partial charge in [-0.2, -0.15) is 10.2 Å². The molecule has 0 amide bonds. The van der Waals surface area contributed by atoms with Crippen LogP contribution in [0.2, 0.25) is 0 Å². The topological polar surface area (TPSA) is 94.4 Å². The van der Waals surface area contributed by atoms with E-state index in [9.17, 15) is 0 Å². The molecule has 0 radical (unpaired) electrons. The maximum absolute atomic E-state index is 5.97. The van der Waals surface area contributed by atoms with E-state index in [1.165, 1.54) is 0 Å². The van der Waals surface area contributed by atoms with Crippen LogP contribution in [0.1, 0.15) is 24.5 Å². The molecule has 3 heterocycles. The van der Waals surface area contributed by atoms with Gasteiger partial charge in [-0.05, 0) is 52.9 Å². The van der Waals surface area contributed by atoms with Crippen LogP contribution in [0, 0.1) is 6.92 Å². The van der Waals surface area contributed by atoms with Crippen LogP contribution in [0.4, 0.5) is 0 Å². The third-order valence-corrected chi connectivity index (χ3v) is 5.33. The number of benzene rings is 2. The summed E-state index contributed by atoms with van der Waals surface area (Å²) in [6.07, 6.45) is 2.71. The Hall–Kier alpha value is -4.07. The van der Waals surface area contributed by atoms with E-state index in [0.717, 1.165) is 45.4 Å². The Balaban J connectivity index is 1.60. The van der Waals surface area contributed by atoms with Gasteiger partial charge in [0.2, 0.25) is 5.82 Å². The minimum atomic E-state index is 0.553. The zero-order valence-corrected chi connectivity index (χ0v) is 18.0. The average molecular weight is 425 g/mol. The molecule has 0 saturated heterocycles. The number of aromatic nitrogens is 7. The van der Waals surface area contributed by atoms with E-state index in [1.807, 2.05) is 42.0 Å². The molecule has 1 N–H and O–H groups in total. The molecule has 5 aromatic rings. The van der Waals surface area contributed by atoms with Crippen molar-refractivity contribution in [3.8, 4) is 28.5 Å². The van der Waals surface area contributed by atoms with E-state index in [1.54, 1.807) is 0 Å². The summed E-state index contributed by atoms with van der Waals surface area (Å²) in [7, 11) is 0. The fraction of sp³-hybridized carbons (Fsp3) is 0.208. The highest BCUT2D eigenvalue weighted by atomic mass is 16.5. The first-order valence-electron chi connectivity index (χ1n) is 10.6. The average Bonchev–Trinajstić information content (AvgIpc) is 3.48. The van der Waals surface area contributed by atoms with Gasteiger partial charge in [-0.3, -0.25) is 4.57 Å². The number of tetrazole rings is 1. The van der Waals surface area contributed by atoms with Crippen molar-refractivity contribution in [1.82, 2.24) is 35.2 Å². The van der Waals surface area contributed by atoms with Crippen LogP contribution in [0.3, 0.4) is 0 Å². The number of ether oxygens (including phenoxy) is 1. The lowest BCUT2D eigenvalue weighted by Gasteiger charge is -2.12. The van der Waals surface area contributed by atoms with E-state index in [0.29, 0.717) is 25.0 Å². The summed E-state index contributed by atoms with van der Waals surface area (Å²) in [5.41, 5.74) is 6.85. The normalized spacial score (nSPS) is 11.2. The largest absolute Gasteiger partial charge is 0.465 e. The standard InChI is InChI=1S/C24H23N7O/c1-3-13-32-24-26-21-16(2)11-12-25-23(21)31(24)15-17-9-10-19(18-7-5-4-6-8-18)20(14-17)22-27-29-30-28-22/h4-12,14H,3,13,15H2,1-2H3,(H,27,28,29,30). The lowest BCUT2D eigenvalue weighted by molar-refractivity contribution is 0.282. The van der Waals surface area contributed by atoms with Crippen molar-refractivity contribution < 1.29 is 4.74 Å². The number of H-pyrrole nitrogens is 1. The lowest BCUT2D eigenvalue weighted by atomic mass is 9.97. The van der Waals surface area contributed by atoms with Crippen molar-refractivity contribution >= 4 is 11.2 Å². The fourth-order valence-electron chi connectivity index (χ4n) is 3.77. The molecule has 0 fully saturated rings. The second kappa shape index (κ2) is 8.58. The van der Waals surface area contributed by atoms with E-state index in [-0.39, 0.29) is 0 Å². The molecular formula is C24H23N7O. The molecule has 2 aromatic carbocycles. The first kappa shape index (κ1) is 19.9. The molecule has 8 heteroatoms. The smallest absolute Gasteiger partial charge is 0.298 e. The van der Waals surface area contributed by atoms with E-state index < -0.39 is 0 Å². The molecule has 3 aromatic heterocycles. The second-order valence-corrected chi connectivity index (χ2v) is 7.61.